The number of nitro groups is 1. The number of rotatable bonds is 7. The lowest BCUT2D eigenvalue weighted by Crippen LogP contribution is -2.14. The number of hydrogen-bond donors (Lipinski definition) is 2. The smallest absolute Gasteiger partial charge is 0.269 e. The van der Waals surface area contributed by atoms with Crippen LogP contribution in [0.2, 0.25) is 0 Å². The van der Waals surface area contributed by atoms with E-state index >= 15 is 0 Å². The molecule has 0 saturated carbocycles. The van der Waals surface area contributed by atoms with E-state index in [9.17, 15) is 23.3 Å². The molecule has 0 fully saturated rings. The average molecular weight is 496 g/mol. The zero-order chi connectivity index (χ0) is 24.3. The fourth-order valence-electron chi connectivity index (χ4n) is 2.91. The van der Waals surface area contributed by atoms with Crippen LogP contribution in [0.3, 0.4) is 0 Å². The van der Waals surface area contributed by atoms with Gasteiger partial charge in [-0.15, -0.1) is 10.2 Å². The first-order valence-electron chi connectivity index (χ1n) is 9.80. The molecule has 4 aromatic rings. The number of nitrogens with one attached hydrogen (secondary N) is 2. The molecule has 0 atom stereocenters. The molecular formula is C22H17N5O5S2. The van der Waals surface area contributed by atoms with Gasteiger partial charge in [0.25, 0.3) is 21.6 Å². The Morgan fingerprint density at radius 2 is 1.59 bits per heavy atom. The van der Waals surface area contributed by atoms with E-state index in [0.29, 0.717) is 21.8 Å². The van der Waals surface area contributed by atoms with Crippen molar-refractivity contribution in [1.82, 2.24) is 10.2 Å². The molecule has 12 heteroatoms. The lowest BCUT2D eigenvalue weighted by molar-refractivity contribution is -0.384. The molecule has 0 spiro atoms. The van der Waals surface area contributed by atoms with Gasteiger partial charge in [-0.05, 0) is 55.5 Å². The van der Waals surface area contributed by atoms with Gasteiger partial charge in [0.2, 0.25) is 5.13 Å². The molecule has 34 heavy (non-hydrogen) atoms. The van der Waals surface area contributed by atoms with Crippen LogP contribution in [0.5, 0.6) is 0 Å². The molecule has 10 nitrogen and oxygen atoms in total. The number of carbonyl (C=O) groups is 1. The third kappa shape index (κ3) is 5.24. The molecule has 0 bridgehead atoms. The topological polar surface area (TPSA) is 144 Å². The Bertz CT molecular complexity index is 1450. The quantitative estimate of drug-likeness (QED) is 0.284. The third-order valence-electron chi connectivity index (χ3n) is 4.70. The first-order valence-corrected chi connectivity index (χ1v) is 12.1. The van der Waals surface area contributed by atoms with E-state index < -0.39 is 20.9 Å². The fourth-order valence-corrected chi connectivity index (χ4v) is 4.71. The Morgan fingerprint density at radius 1 is 0.941 bits per heavy atom. The van der Waals surface area contributed by atoms with Crippen molar-refractivity contribution in [2.24, 2.45) is 0 Å². The zero-order valence-corrected chi connectivity index (χ0v) is 19.3. The van der Waals surface area contributed by atoms with Crippen molar-refractivity contribution in [3.8, 4) is 10.6 Å². The van der Waals surface area contributed by atoms with Crippen molar-refractivity contribution in [3.63, 3.8) is 0 Å². The molecule has 172 valence electrons. The van der Waals surface area contributed by atoms with Gasteiger partial charge in [0.05, 0.1) is 9.82 Å². The minimum absolute atomic E-state index is 0.0357. The van der Waals surface area contributed by atoms with E-state index in [1.54, 1.807) is 24.3 Å². The highest BCUT2D eigenvalue weighted by molar-refractivity contribution is 7.92. The van der Waals surface area contributed by atoms with Crippen LogP contribution in [-0.2, 0) is 10.0 Å². The van der Waals surface area contributed by atoms with Crippen molar-refractivity contribution in [2.75, 3.05) is 10.0 Å². The van der Waals surface area contributed by atoms with Crippen LogP contribution in [0.25, 0.3) is 10.6 Å². The molecule has 4 rings (SSSR count). The summed E-state index contributed by atoms with van der Waals surface area (Å²) >= 11 is 1.12. The molecular weight excluding hydrogens is 478 g/mol. The highest BCUT2D eigenvalue weighted by atomic mass is 32.2. The predicted molar refractivity (Wildman–Crippen MR) is 128 cm³/mol. The standard InChI is InChI=1S/C22H17N5O5S2/c1-14-2-12-19(13-3-14)34(31,32)26-17-8-4-15(5-9-17)20(28)23-22-25-24-21(33-22)16-6-10-18(11-7-16)27(29)30/h2-13,26H,1H3,(H,23,25,28). The van der Waals surface area contributed by atoms with Crippen molar-refractivity contribution in [1.29, 1.82) is 0 Å². The number of nitro benzene ring substituents is 1. The Morgan fingerprint density at radius 3 is 2.21 bits per heavy atom. The summed E-state index contributed by atoms with van der Waals surface area (Å²) in [6.07, 6.45) is 0. The first-order chi connectivity index (χ1) is 16.2. The van der Waals surface area contributed by atoms with E-state index in [2.05, 4.69) is 20.2 Å². The molecule has 1 aromatic heterocycles. The average Bonchev–Trinajstić information content (AvgIpc) is 3.28. The summed E-state index contributed by atoms with van der Waals surface area (Å²) in [6.45, 7) is 1.87. The number of aryl methyl sites for hydroxylation is 1. The van der Waals surface area contributed by atoms with Gasteiger partial charge >= 0.3 is 0 Å². The van der Waals surface area contributed by atoms with Gasteiger partial charge in [0.15, 0.2) is 0 Å². The lowest BCUT2D eigenvalue weighted by atomic mass is 10.2. The van der Waals surface area contributed by atoms with Crippen LogP contribution in [0.1, 0.15) is 15.9 Å². The number of benzene rings is 3. The number of sulfonamides is 1. The largest absolute Gasteiger partial charge is 0.296 e. The number of aromatic nitrogens is 2. The molecule has 0 unspecified atom stereocenters. The predicted octanol–water partition coefficient (Wildman–Crippen LogP) is 4.47. The number of amides is 1. The van der Waals surface area contributed by atoms with Gasteiger partial charge in [-0.2, -0.15) is 0 Å². The zero-order valence-electron chi connectivity index (χ0n) is 17.6. The van der Waals surface area contributed by atoms with Gasteiger partial charge in [-0.25, -0.2) is 8.42 Å². The van der Waals surface area contributed by atoms with Gasteiger partial charge in [-0.3, -0.25) is 24.9 Å². The number of non-ortho nitro benzene ring substituents is 1. The Kier molecular flexibility index (Phi) is 6.34. The van der Waals surface area contributed by atoms with Crippen molar-refractivity contribution in [2.45, 2.75) is 11.8 Å². The van der Waals surface area contributed by atoms with Crippen LogP contribution in [-0.4, -0.2) is 29.4 Å². The Hall–Kier alpha value is -4.16. The number of nitrogens with zero attached hydrogens (tertiary/aromatic N) is 3. The van der Waals surface area contributed by atoms with Gasteiger partial charge in [0.1, 0.15) is 5.01 Å². The molecule has 3 aromatic carbocycles. The van der Waals surface area contributed by atoms with Crippen LogP contribution in [0.15, 0.2) is 77.7 Å². The van der Waals surface area contributed by atoms with E-state index in [4.69, 9.17) is 0 Å². The maximum Gasteiger partial charge on any atom is 0.269 e. The third-order valence-corrected chi connectivity index (χ3v) is 6.99. The molecule has 0 aliphatic heterocycles. The van der Waals surface area contributed by atoms with Crippen LogP contribution >= 0.6 is 11.3 Å². The summed E-state index contributed by atoms with van der Waals surface area (Å²) in [5, 5.41) is 22.1. The SMILES string of the molecule is Cc1ccc(S(=O)(=O)Nc2ccc(C(=O)Nc3nnc(-c4ccc([N+](=O)[O-])cc4)s3)cc2)cc1. The molecule has 0 aliphatic rings. The fraction of sp³-hybridized carbons (Fsp3) is 0.0455. The molecule has 1 amide bonds. The summed E-state index contributed by atoms with van der Waals surface area (Å²) in [7, 11) is -3.75. The van der Waals surface area contributed by atoms with Crippen LogP contribution in [0, 0.1) is 17.0 Å². The highest BCUT2D eigenvalue weighted by Gasteiger charge is 2.15. The van der Waals surface area contributed by atoms with Crippen molar-refractivity contribution < 1.29 is 18.1 Å². The number of carbonyl (C=O) groups excluding carboxylic acids is 1. The summed E-state index contributed by atoms with van der Waals surface area (Å²) in [5.41, 5.74) is 2.16. The van der Waals surface area contributed by atoms with E-state index in [1.807, 2.05) is 6.92 Å². The van der Waals surface area contributed by atoms with Crippen molar-refractivity contribution >= 4 is 43.8 Å². The maximum absolute atomic E-state index is 12.5. The summed E-state index contributed by atoms with van der Waals surface area (Å²) in [4.78, 5) is 23.0. The van der Waals surface area contributed by atoms with Crippen molar-refractivity contribution in [3.05, 3.63) is 94.0 Å². The number of hydrogen-bond acceptors (Lipinski definition) is 8. The van der Waals surface area contributed by atoms with Gasteiger partial charge in [0, 0.05) is 28.9 Å². The second-order valence-electron chi connectivity index (χ2n) is 7.17. The summed E-state index contributed by atoms with van der Waals surface area (Å²) < 4.78 is 27.5. The molecule has 1 heterocycles. The van der Waals surface area contributed by atoms with Crippen LogP contribution in [0.4, 0.5) is 16.5 Å². The molecule has 0 aliphatic carbocycles. The summed E-state index contributed by atoms with van der Waals surface area (Å²) in [5.74, 6) is -0.445. The highest BCUT2D eigenvalue weighted by Crippen LogP contribution is 2.28. The van der Waals surface area contributed by atoms with E-state index in [-0.39, 0.29) is 15.7 Å². The van der Waals surface area contributed by atoms with E-state index in [1.165, 1.54) is 48.5 Å². The second-order valence-corrected chi connectivity index (χ2v) is 9.83. The molecule has 0 saturated heterocycles. The molecule has 2 N–H and O–H groups in total. The first kappa shape index (κ1) is 23.0. The maximum atomic E-state index is 12.5. The minimum atomic E-state index is -3.75. The normalized spacial score (nSPS) is 11.1. The van der Waals surface area contributed by atoms with Gasteiger partial charge in [-0.1, -0.05) is 29.0 Å². The van der Waals surface area contributed by atoms with Gasteiger partial charge < -0.3 is 0 Å². The van der Waals surface area contributed by atoms with E-state index in [0.717, 1.165) is 16.9 Å². The second kappa shape index (κ2) is 9.37. The molecule has 0 radical (unpaired) electrons. The lowest BCUT2D eigenvalue weighted by Gasteiger charge is -2.09. The Labute approximate surface area is 198 Å². The monoisotopic (exact) mass is 495 g/mol. The van der Waals surface area contributed by atoms with Crippen LogP contribution < -0.4 is 10.0 Å². The Balaban J connectivity index is 1.41. The summed E-state index contributed by atoms with van der Waals surface area (Å²) in [6, 6.07) is 18.3. The number of anilines is 2. The minimum Gasteiger partial charge on any atom is -0.296 e.